The van der Waals surface area contributed by atoms with Crippen LogP contribution in [0.3, 0.4) is 0 Å². The van der Waals surface area contributed by atoms with Gasteiger partial charge in [0.05, 0.1) is 39.1 Å². The van der Waals surface area contributed by atoms with E-state index in [4.69, 9.17) is 19.4 Å². The fourth-order valence-electron chi connectivity index (χ4n) is 8.89. The molecule has 0 spiro atoms. The lowest BCUT2D eigenvalue weighted by Crippen LogP contribution is -2.02. The number of hydrogen-bond donors (Lipinski definition) is 0. The molecule has 12 rings (SSSR count). The first-order valence-corrected chi connectivity index (χ1v) is 19.5. The summed E-state index contributed by atoms with van der Waals surface area (Å²) in [7, 11) is 0. The number of furan rings is 1. The zero-order valence-corrected chi connectivity index (χ0v) is 31.4. The van der Waals surface area contributed by atoms with Crippen molar-refractivity contribution in [3.63, 3.8) is 0 Å². The molecular weight excluding hydrogens is 725 g/mol. The average Bonchev–Trinajstić information content (AvgIpc) is 3.98. The predicted molar refractivity (Wildman–Crippen MR) is 237 cm³/mol. The Labute approximate surface area is 337 Å². The van der Waals surface area contributed by atoms with Crippen LogP contribution < -0.4 is 0 Å². The zero-order chi connectivity index (χ0) is 39.0. The minimum Gasteiger partial charge on any atom is -0.454 e. The molecule has 0 radical (unpaired) electrons. The summed E-state index contributed by atoms with van der Waals surface area (Å²) in [6.45, 7) is 0. The summed E-state index contributed by atoms with van der Waals surface area (Å²) in [5, 5.41) is 17.4. The van der Waals surface area contributed by atoms with E-state index in [1.165, 1.54) is 0 Å². The van der Waals surface area contributed by atoms with Crippen molar-refractivity contribution in [1.29, 1.82) is 5.26 Å². The molecule has 0 saturated carbocycles. The van der Waals surface area contributed by atoms with Gasteiger partial charge in [-0.25, -0.2) is 15.0 Å². The van der Waals surface area contributed by atoms with Gasteiger partial charge < -0.3 is 13.6 Å². The minimum absolute atomic E-state index is 0.432. The van der Waals surface area contributed by atoms with Gasteiger partial charge in [-0.2, -0.15) is 5.26 Å². The highest BCUT2D eigenvalue weighted by molar-refractivity contribution is 6.39. The van der Waals surface area contributed by atoms with Crippen molar-refractivity contribution in [2.75, 3.05) is 0 Å². The number of fused-ring (bicyclic) bond motifs is 12. The quantitative estimate of drug-likeness (QED) is 0.175. The lowest BCUT2D eigenvalue weighted by Gasteiger charge is -2.13. The fraction of sp³-hybridized carbons (Fsp3) is 0. The van der Waals surface area contributed by atoms with E-state index in [1.54, 1.807) is 0 Å². The Morgan fingerprint density at radius 2 is 0.949 bits per heavy atom. The Bertz CT molecular complexity index is 3610. The summed E-state index contributed by atoms with van der Waals surface area (Å²) >= 11 is 0. The highest BCUT2D eigenvalue weighted by atomic mass is 16.3. The van der Waals surface area contributed by atoms with Crippen LogP contribution in [0, 0.1) is 11.3 Å². The van der Waals surface area contributed by atoms with Gasteiger partial charge in [0.2, 0.25) is 0 Å². The molecular formula is C52H30N6O. The van der Waals surface area contributed by atoms with Gasteiger partial charge in [0.15, 0.2) is 23.1 Å². The molecule has 7 nitrogen and oxygen atoms in total. The van der Waals surface area contributed by atoms with Crippen LogP contribution >= 0.6 is 0 Å². The predicted octanol–water partition coefficient (Wildman–Crippen LogP) is 12.8. The van der Waals surface area contributed by atoms with Gasteiger partial charge in [-0.1, -0.05) is 133 Å². The number of nitriles is 1. The van der Waals surface area contributed by atoms with Crippen LogP contribution in [0.5, 0.6) is 0 Å². The highest BCUT2D eigenvalue weighted by Gasteiger charge is 2.28. The number of nitrogens with zero attached hydrogens (tertiary/aromatic N) is 6. The molecule has 0 bridgehead atoms. The summed E-state index contributed by atoms with van der Waals surface area (Å²) in [6.07, 6.45) is 0. The van der Waals surface area contributed by atoms with Crippen molar-refractivity contribution in [2.24, 2.45) is 0 Å². The zero-order valence-electron chi connectivity index (χ0n) is 31.4. The van der Waals surface area contributed by atoms with E-state index in [9.17, 15) is 5.26 Å². The first kappa shape index (κ1) is 32.9. The average molecular weight is 755 g/mol. The second kappa shape index (κ2) is 12.8. The first-order chi connectivity index (χ1) is 29.2. The molecule has 0 fully saturated rings. The van der Waals surface area contributed by atoms with Gasteiger partial charge in [0.1, 0.15) is 5.58 Å². The van der Waals surface area contributed by atoms with Crippen LogP contribution in [-0.2, 0) is 0 Å². The topological polar surface area (TPSA) is 85.5 Å². The molecule has 0 amide bonds. The minimum atomic E-state index is 0.432. The van der Waals surface area contributed by atoms with Crippen molar-refractivity contribution >= 4 is 65.6 Å². The van der Waals surface area contributed by atoms with E-state index in [0.717, 1.165) is 88.1 Å². The normalized spacial score (nSPS) is 11.7. The molecule has 0 saturated heterocycles. The van der Waals surface area contributed by atoms with Crippen molar-refractivity contribution in [1.82, 2.24) is 24.1 Å². The molecule has 4 heterocycles. The van der Waals surface area contributed by atoms with Crippen LogP contribution in [0.2, 0.25) is 0 Å². The second-order valence-corrected chi connectivity index (χ2v) is 14.7. The number of aromatic nitrogens is 5. The van der Waals surface area contributed by atoms with Gasteiger partial charge in [-0.3, -0.25) is 0 Å². The molecule has 4 aromatic heterocycles. The fourth-order valence-corrected chi connectivity index (χ4v) is 8.89. The largest absolute Gasteiger partial charge is 0.454 e. The summed E-state index contributed by atoms with van der Waals surface area (Å²) < 4.78 is 11.6. The van der Waals surface area contributed by atoms with Crippen LogP contribution in [-0.4, -0.2) is 24.1 Å². The van der Waals surface area contributed by atoms with Crippen LogP contribution in [0.25, 0.3) is 111 Å². The maximum atomic E-state index is 10.9. The maximum Gasteiger partial charge on any atom is 0.165 e. The van der Waals surface area contributed by atoms with Gasteiger partial charge in [-0.05, 0) is 48.5 Å². The molecule has 0 aliphatic carbocycles. The smallest absolute Gasteiger partial charge is 0.165 e. The molecule has 0 atom stereocenters. The van der Waals surface area contributed by atoms with E-state index in [-0.39, 0.29) is 0 Å². The SMILES string of the molecule is N#Cc1cc(-n2c3ccccc3c3c4c5ccccc5n(-c5ccccc5)c4c4oc5ccccc5c4c32)ccc1-c1nc(-c2ccccc2)nc(-c2ccccc2)n1. The summed E-state index contributed by atoms with van der Waals surface area (Å²) in [4.78, 5) is 14.8. The monoisotopic (exact) mass is 754 g/mol. The van der Waals surface area contributed by atoms with E-state index in [1.807, 2.05) is 91.0 Å². The highest BCUT2D eigenvalue weighted by Crippen LogP contribution is 2.49. The Hall–Kier alpha value is -8.34. The third-order valence-corrected chi connectivity index (χ3v) is 11.4. The van der Waals surface area contributed by atoms with E-state index >= 15 is 0 Å². The van der Waals surface area contributed by atoms with E-state index in [2.05, 4.69) is 106 Å². The number of rotatable bonds is 5. The molecule has 12 aromatic rings. The lowest BCUT2D eigenvalue weighted by molar-refractivity contribution is 0.671. The number of benzene rings is 8. The van der Waals surface area contributed by atoms with Gasteiger partial charge >= 0.3 is 0 Å². The maximum absolute atomic E-state index is 10.9. The summed E-state index contributed by atoms with van der Waals surface area (Å²) in [5.41, 5.74) is 10.5. The summed E-state index contributed by atoms with van der Waals surface area (Å²) in [6, 6.07) is 64.2. The van der Waals surface area contributed by atoms with Crippen molar-refractivity contribution in [3.8, 4) is 51.6 Å². The van der Waals surface area contributed by atoms with Gasteiger partial charge in [0, 0.05) is 55.0 Å². The third-order valence-electron chi connectivity index (χ3n) is 11.4. The second-order valence-electron chi connectivity index (χ2n) is 14.7. The van der Waals surface area contributed by atoms with E-state index < -0.39 is 0 Å². The molecule has 274 valence electrons. The van der Waals surface area contributed by atoms with Gasteiger partial charge in [0.25, 0.3) is 0 Å². The third kappa shape index (κ3) is 4.90. The van der Waals surface area contributed by atoms with Crippen LogP contribution in [0.4, 0.5) is 0 Å². The molecule has 0 N–H and O–H groups in total. The van der Waals surface area contributed by atoms with Crippen LogP contribution in [0.1, 0.15) is 5.56 Å². The molecule has 0 aliphatic rings. The Balaban J connectivity index is 1.19. The molecule has 7 heteroatoms. The molecule has 0 unspecified atom stereocenters. The first-order valence-electron chi connectivity index (χ1n) is 19.5. The van der Waals surface area contributed by atoms with Crippen molar-refractivity contribution < 1.29 is 4.42 Å². The molecule has 8 aromatic carbocycles. The Morgan fingerprint density at radius 1 is 0.441 bits per heavy atom. The van der Waals surface area contributed by atoms with Crippen molar-refractivity contribution in [2.45, 2.75) is 0 Å². The standard InChI is InChI=1S/C52H30N6O/c53-31-34-30-36(28-29-37(34)52-55-50(32-16-4-1-5-17-32)54-51(56-52)33-18-6-2-7-19-33)58-42-26-14-10-22-38(42)44-45-39-23-11-13-25-41(39)57(35-20-8-3-9-21-35)48(45)49-46(47(44)58)40-24-12-15-27-43(40)59-49/h1-30H. The Kier molecular flexibility index (Phi) is 7.16. The van der Waals surface area contributed by atoms with E-state index in [0.29, 0.717) is 28.6 Å². The Morgan fingerprint density at radius 3 is 1.58 bits per heavy atom. The van der Waals surface area contributed by atoms with Gasteiger partial charge in [-0.15, -0.1) is 0 Å². The lowest BCUT2D eigenvalue weighted by atomic mass is 10.0. The number of para-hydroxylation sites is 4. The summed E-state index contributed by atoms with van der Waals surface area (Å²) in [5.74, 6) is 1.51. The molecule has 0 aliphatic heterocycles. The number of hydrogen-bond acceptors (Lipinski definition) is 5. The van der Waals surface area contributed by atoms with Crippen molar-refractivity contribution in [3.05, 3.63) is 188 Å². The van der Waals surface area contributed by atoms with Crippen LogP contribution in [0.15, 0.2) is 186 Å². The molecule has 59 heavy (non-hydrogen) atoms.